The lowest BCUT2D eigenvalue weighted by atomic mass is 10.2. The van der Waals surface area contributed by atoms with Gasteiger partial charge in [-0.1, -0.05) is 42.1 Å². The Labute approximate surface area is 210 Å². The summed E-state index contributed by atoms with van der Waals surface area (Å²) in [5.41, 5.74) is 0.918. The molecule has 1 aliphatic rings. The summed E-state index contributed by atoms with van der Waals surface area (Å²) in [6.07, 6.45) is -4.54. The lowest BCUT2D eigenvalue weighted by molar-refractivity contribution is -0.137. The molecule has 0 aromatic heterocycles. The molecule has 6 nitrogen and oxygen atoms in total. The Balaban J connectivity index is 1.53. The highest BCUT2D eigenvalue weighted by Gasteiger charge is 2.39. The molecule has 0 radical (unpaired) electrons. The monoisotopic (exact) mass is 513 g/mol. The van der Waals surface area contributed by atoms with Gasteiger partial charge in [0.2, 0.25) is 11.8 Å². The first-order valence-electron chi connectivity index (χ1n) is 10.9. The third-order valence-corrected chi connectivity index (χ3v) is 6.54. The summed E-state index contributed by atoms with van der Waals surface area (Å²) in [7, 11) is 1.54. The van der Waals surface area contributed by atoms with Crippen LogP contribution in [-0.2, 0) is 22.3 Å². The number of carbonyl (C=O) groups excluding carboxylic acids is 2. The maximum absolute atomic E-state index is 13.2. The minimum atomic E-state index is -4.45. The smallest absolute Gasteiger partial charge is 0.416 e. The molecule has 1 heterocycles. The SMILES string of the molecule is COc1ccc(NC(=O)CC2SC(=Nc3ccc(C(F)(F)F)cc3)N(Cc3ccccc3)C2=O)cc1. The number of hydrogen-bond donors (Lipinski definition) is 1. The van der Waals surface area contributed by atoms with Crippen LogP contribution in [0, 0.1) is 0 Å². The standard InChI is InChI=1S/C26H22F3N3O3S/c1-35-21-13-11-19(12-14-21)30-23(33)15-22-24(34)32(16-17-5-3-2-4-6-17)25(36-22)31-20-9-7-18(8-10-20)26(27,28)29/h2-14,22H,15-16H2,1H3,(H,30,33). The van der Waals surface area contributed by atoms with E-state index in [1.807, 2.05) is 30.3 Å². The minimum Gasteiger partial charge on any atom is -0.497 e. The molecule has 3 aromatic rings. The molecule has 186 valence electrons. The van der Waals surface area contributed by atoms with Crippen LogP contribution in [0.2, 0.25) is 0 Å². The number of carbonyl (C=O) groups is 2. The highest BCUT2D eigenvalue weighted by molar-refractivity contribution is 8.15. The van der Waals surface area contributed by atoms with E-state index in [0.29, 0.717) is 16.6 Å². The molecule has 10 heteroatoms. The quantitative estimate of drug-likeness (QED) is 0.429. The Kier molecular flexibility index (Phi) is 7.64. The topological polar surface area (TPSA) is 71.0 Å². The van der Waals surface area contributed by atoms with Gasteiger partial charge in [0, 0.05) is 12.1 Å². The van der Waals surface area contributed by atoms with Crippen LogP contribution in [0.25, 0.3) is 0 Å². The number of ether oxygens (including phenoxy) is 1. The Bertz CT molecular complexity index is 1250. The van der Waals surface area contributed by atoms with Gasteiger partial charge in [-0.15, -0.1) is 0 Å². The molecule has 0 spiro atoms. The number of amidine groups is 1. The van der Waals surface area contributed by atoms with E-state index >= 15 is 0 Å². The first-order chi connectivity index (χ1) is 17.2. The van der Waals surface area contributed by atoms with Gasteiger partial charge in [-0.2, -0.15) is 13.2 Å². The maximum Gasteiger partial charge on any atom is 0.416 e. The van der Waals surface area contributed by atoms with E-state index in [4.69, 9.17) is 4.74 Å². The van der Waals surface area contributed by atoms with Gasteiger partial charge in [0.25, 0.3) is 0 Å². The molecule has 4 rings (SSSR count). The Morgan fingerprint density at radius 1 is 1.03 bits per heavy atom. The molecule has 0 saturated carbocycles. The van der Waals surface area contributed by atoms with Crippen molar-refractivity contribution >= 4 is 40.1 Å². The summed E-state index contributed by atoms with van der Waals surface area (Å²) in [6.45, 7) is 0.225. The highest BCUT2D eigenvalue weighted by atomic mass is 32.2. The third-order valence-electron chi connectivity index (χ3n) is 5.37. The van der Waals surface area contributed by atoms with E-state index in [9.17, 15) is 22.8 Å². The summed E-state index contributed by atoms with van der Waals surface area (Å²) in [4.78, 5) is 31.8. The summed E-state index contributed by atoms with van der Waals surface area (Å²) in [5, 5.41) is 2.37. The largest absolute Gasteiger partial charge is 0.497 e. The lowest BCUT2D eigenvalue weighted by Gasteiger charge is -2.16. The molecule has 1 N–H and O–H groups in total. The van der Waals surface area contributed by atoms with Gasteiger partial charge in [0.1, 0.15) is 11.0 Å². The van der Waals surface area contributed by atoms with Crippen molar-refractivity contribution in [2.45, 2.75) is 24.4 Å². The van der Waals surface area contributed by atoms with E-state index < -0.39 is 17.0 Å². The normalized spacial score (nSPS) is 16.9. The van der Waals surface area contributed by atoms with E-state index in [1.54, 1.807) is 31.4 Å². The lowest BCUT2D eigenvalue weighted by Crippen LogP contribution is -2.33. The number of nitrogens with zero attached hydrogens (tertiary/aromatic N) is 2. The van der Waals surface area contributed by atoms with Gasteiger partial charge in [0.15, 0.2) is 5.17 Å². The van der Waals surface area contributed by atoms with Gasteiger partial charge in [-0.25, -0.2) is 4.99 Å². The number of anilines is 1. The van der Waals surface area contributed by atoms with E-state index in [1.165, 1.54) is 17.0 Å². The van der Waals surface area contributed by atoms with Crippen LogP contribution in [0.4, 0.5) is 24.5 Å². The fourth-order valence-electron chi connectivity index (χ4n) is 3.53. The molecule has 1 aliphatic heterocycles. The molecule has 36 heavy (non-hydrogen) atoms. The van der Waals surface area contributed by atoms with Crippen molar-refractivity contribution in [1.82, 2.24) is 4.90 Å². The van der Waals surface area contributed by atoms with Crippen molar-refractivity contribution in [2.24, 2.45) is 4.99 Å². The molecule has 3 aromatic carbocycles. The van der Waals surface area contributed by atoms with Gasteiger partial charge in [-0.05, 0) is 54.1 Å². The Hall–Kier alpha value is -3.79. The predicted octanol–water partition coefficient (Wildman–Crippen LogP) is 5.87. The van der Waals surface area contributed by atoms with E-state index in [0.717, 1.165) is 29.5 Å². The van der Waals surface area contributed by atoms with Crippen LogP contribution in [0.15, 0.2) is 83.9 Å². The number of alkyl halides is 3. The van der Waals surface area contributed by atoms with Gasteiger partial charge >= 0.3 is 6.18 Å². The summed E-state index contributed by atoms with van der Waals surface area (Å²) >= 11 is 1.12. The predicted molar refractivity (Wildman–Crippen MR) is 133 cm³/mol. The van der Waals surface area contributed by atoms with Crippen molar-refractivity contribution in [3.63, 3.8) is 0 Å². The van der Waals surface area contributed by atoms with E-state index in [2.05, 4.69) is 10.3 Å². The van der Waals surface area contributed by atoms with Gasteiger partial charge in [-0.3, -0.25) is 14.5 Å². The molecule has 0 aliphatic carbocycles. The van der Waals surface area contributed by atoms with Gasteiger partial charge < -0.3 is 10.1 Å². The molecule has 1 unspecified atom stereocenters. The van der Waals surface area contributed by atoms with Crippen LogP contribution >= 0.6 is 11.8 Å². The van der Waals surface area contributed by atoms with Crippen molar-refractivity contribution < 1.29 is 27.5 Å². The zero-order chi connectivity index (χ0) is 25.7. The Morgan fingerprint density at radius 2 is 1.69 bits per heavy atom. The van der Waals surface area contributed by atoms with Crippen LogP contribution < -0.4 is 10.1 Å². The van der Waals surface area contributed by atoms with Crippen LogP contribution in [0.1, 0.15) is 17.5 Å². The van der Waals surface area contributed by atoms with Crippen molar-refractivity contribution in [3.05, 3.63) is 90.0 Å². The van der Waals surface area contributed by atoms with Crippen LogP contribution in [-0.4, -0.2) is 34.2 Å². The number of rotatable bonds is 7. The number of halogens is 3. The average Bonchev–Trinajstić information content (AvgIpc) is 3.13. The zero-order valence-corrected chi connectivity index (χ0v) is 20.0. The number of nitrogens with one attached hydrogen (secondary N) is 1. The molecule has 1 fully saturated rings. The summed E-state index contributed by atoms with van der Waals surface area (Å²) in [5.74, 6) is 0.0102. The molecule has 2 amide bonds. The summed E-state index contributed by atoms with van der Waals surface area (Å²) in [6, 6.07) is 20.5. The van der Waals surface area contributed by atoms with Crippen LogP contribution in [0.3, 0.4) is 0 Å². The van der Waals surface area contributed by atoms with Crippen molar-refractivity contribution in [2.75, 3.05) is 12.4 Å². The molecule has 1 saturated heterocycles. The zero-order valence-electron chi connectivity index (χ0n) is 19.2. The summed E-state index contributed by atoms with van der Waals surface area (Å²) < 4.78 is 43.8. The maximum atomic E-state index is 13.2. The first kappa shape index (κ1) is 25.3. The second kappa shape index (κ2) is 10.9. The molecular weight excluding hydrogens is 491 g/mol. The number of aliphatic imine (C=N–C) groups is 1. The molecule has 1 atom stereocenters. The third kappa shape index (κ3) is 6.25. The second-order valence-electron chi connectivity index (χ2n) is 7.94. The minimum absolute atomic E-state index is 0.0904. The fraction of sp³-hybridized carbons (Fsp3) is 0.192. The molecule has 0 bridgehead atoms. The Morgan fingerprint density at radius 3 is 2.31 bits per heavy atom. The number of methoxy groups -OCH3 is 1. The number of benzene rings is 3. The molecular formula is C26H22F3N3O3S. The van der Waals surface area contributed by atoms with Gasteiger partial charge in [0.05, 0.1) is 24.9 Å². The van der Waals surface area contributed by atoms with E-state index in [-0.39, 0.29) is 30.5 Å². The average molecular weight is 514 g/mol. The fourth-order valence-corrected chi connectivity index (χ4v) is 4.68. The van der Waals surface area contributed by atoms with Crippen LogP contribution in [0.5, 0.6) is 5.75 Å². The second-order valence-corrected chi connectivity index (χ2v) is 9.11. The number of hydrogen-bond acceptors (Lipinski definition) is 5. The van der Waals surface area contributed by atoms with Crippen molar-refractivity contribution in [3.8, 4) is 5.75 Å². The first-order valence-corrected chi connectivity index (χ1v) is 11.8. The van der Waals surface area contributed by atoms with Crippen molar-refractivity contribution in [1.29, 1.82) is 0 Å². The number of thioether (sulfide) groups is 1. The number of amides is 2. The highest BCUT2D eigenvalue weighted by Crippen LogP contribution is 2.34.